The number of hydrogen-bond acceptors (Lipinski definition) is 5. The van der Waals surface area contributed by atoms with Gasteiger partial charge >= 0.3 is 0 Å². The van der Waals surface area contributed by atoms with Gasteiger partial charge in [0.1, 0.15) is 11.5 Å². The first-order valence-electron chi connectivity index (χ1n) is 11.8. The van der Waals surface area contributed by atoms with Crippen LogP contribution in [0.3, 0.4) is 0 Å². The molecule has 0 spiro atoms. The Morgan fingerprint density at radius 3 is 2.76 bits per heavy atom. The Morgan fingerprint density at radius 2 is 1.97 bits per heavy atom. The first kappa shape index (κ1) is 21.0. The van der Waals surface area contributed by atoms with E-state index < -0.39 is 5.67 Å². The number of nitrogens with zero attached hydrogens (tertiary/aromatic N) is 4. The van der Waals surface area contributed by atoms with E-state index in [4.69, 9.17) is 0 Å². The summed E-state index contributed by atoms with van der Waals surface area (Å²) in [5, 5.41) is 7.35. The van der Waals surface area contributed by atoms with Gasteiger partial charge in [0.2, 0.25) is 0 Å². The van der Waals surface area contributed by atoms with Crippen molar-refractivity contribution in [1.82, 2.24) is 24.6 Å². The third kappa shape index (κ3) is 3.68. The lowest BCUT2D eigenvalue weighted by molar-refractivity contribution is 0.214. The van der Waals surface area contributed by atoms with Crippen LogP contribution in [-0.4, -0.2) is 25.9 Å². The van der Waals surface area contributed by atoms with Crippen LogP contribution in [0.4, 0.5) is 15.9 Å². The standard InChI is InChI=1S/C26H27FN6O/c1-26(2,27)23-12-20(8-10-29-23)32-22-13-24(30-15-21(22)25(34)33(32)19-5-6-19)31-18-4-3-17-14-28-9-7-16(17)11-18/h3-4,8,10-13,15,19,28H,5-7,9,14H2,1-2H3,(H,30,31). The SMILES string of the molecule is CC(C)(F)c1cc(-n2c3cc(Nc4ccc5c(c4)CCNC5)ncc3c(=O)n2C2CC2)ccn1. The number of fused-ring (bicyclic) bond motifs is 2. The fourth-order valence-electron chi connectivity index (χ4n) is 4.67. The average molecular weight is 459 g/mol. The molecule has 1 aliphatic heterocycles. The minimum atomic E-state index is -1.58. The minimum Gasteiger partial charge on any atom is -0.340 e. The number of benzene rings is 1. The van der Waals surface area contributed by atoms with Gasteiger partial charge < -0.3 is 10.6 Å². The van der Waals surface area contributed by atoms with Gasteiger partial charge in [0.15, 0.2) is 0 Å². The zero-order valence-corrected chi connectivity index (χ0v) is 19.3. The van der Waals surface area contributed by atoms with Gasteiger partial charge in [0, 0.05) is 30.7 Å². The number of pyridine rings is 2. The molecule has 0 atom stereocenters. The van der Waals surface area contributed by atoms with Crippen LogP contribution in [0.2, 0.25) is 0 Å². The topological polar surface area (TPSA) is 76.8 Å². The second kappa shape index (κ2) is 7.77. The molecule has 6 rings (SSSR count). The summed E-state index contributed by atoms with van der Waals surface area (Å²) in [4.78, 5) is 22.1. The van der Waals surface area contributed by atoms with E-state index in [0.717, 1.165) is 43.6 Å². The van der Waals surface area contributed by atoms with Gasteiger partial charge in [-0.3, -0.25) is 9.78 Å². The summed E-state index contributed by atoms with van der Waals surface area (Å²) >= 11 is 0. The number of nitrogens with one attached hydrogen (secondary N) is 2. The molecule has 7 nitrogen and oxygen atoms in total. The van der Waals surface area contributed by atoms with E-state index in [2.05, 4.69) is 38.8 Å². The molecule has 1 aliphatic carbocycles. The molecule has 174 valence electrons. The number of rotatable bonds is 5. The Balaban J connectivity index is 1.46. The van der Waals surface area contributed by atoms with Crippen molar-refractivity contribution in [3.63, 3.8) is 0 Å². The Labute approximate surface area is 196 Å². The van der Waals surface area contributed by atoms with Crippen LogP contribution in [0.15, 0.2) is 53.6 Å². The third-order valence-electron chi connectivity index (χ3n) is 6.62. The summed E-state index contributed by atoms with van der Waals surface area (Å²) in [5.41, 5.74) is 3.75. The molecule has 0 radical (unpaired) electrons. The first-order valence-corrected chi connectivity index (χ1v) is 11.8. The second-order valence-electron chi connectivity index (χ2n) is 9.69. The molecule has 0 saturated heterocycles. The van der Waals surface area contributed by atoms with E-state index >= 15 is 0 Å². The molecule has 4 aromatic rings. The van der Waals surface area contributed by atoms with Gasteiger partial charge in [-0.25, -0.2) is 18.7 Å². The fourth-order valence-corrected chi connectivity index (χ4v) is 4.67. The van der Waals surface area contributed by atoms with Crippen molar-refractivity contribution >= 4 is 22.4 Å². The molecular formula is C26H27FN6O. The Hall–Kier alpha value is -3.52. The third-order valence-corrected chi connectivity index (χ3v) is 6.62. The van der Waals surface area contributed by atoms with Crippen LogP contribution in [0.5, 0.6) is 0 Å². The predicted molar refractivity (Wildman–Crippen MR) is 131 cm³/mol. The molecule has 1 fully saturated rings. The molecule has 1 aromatic carbocycles. The summed E-state index contributed by atoms with van der Waals surface area (Å²) in [6, 6.07) is 11.9. The number of anilines is 2. The molecule has 2 aliphatic rings. The van der Waals surface area contributed by atoms with Crippen LogP contribution in [0.1, 0.15) is 49.6 Å². The van der Waals surface area contributed by atoms with E-state index in [9.17, 15) is 9.18 Å². The van der Waals surface area contributed by atoms with Crippen LogP contribution < -0.4 is 16.2 Å². The Morgan fingerprint density at radius 1 is 1.12 bits per heavy atom. The van der Waals surface area contributed by atoms with Crippen molar-refractivity contribution in [1.29, 1.82) is 0 Å². The zero-order valence-electron chi connectivity index (χ0n) is 19.3. The van der Waals surface area contributed by atoms with Crippen molar-refractivity contribution in [2.24, 2.45) is 0 Å². The van der Waals surface area contributed by atoms with Gasteiger partial charge in [-0.1, -0.05) is 6.07 Å². The maximum atomic E-state index is 14.7. The van der Waals surface area contributed by atoms with E-state index in [-0.39, 0.29) is 11.6 Å². The highest BCUT2D eigenvalue weighted by molar-refractivity contribution is 5.83. The van der Waals surface area contributed by atoms with Gasteiger partial charge in [0.05, 0.1) is 28.3 Å². The number of alkyl halides is 1. The van der Waals surface area contributed by atoms with Gasteiger partial charge in [-0.2, -0.15) is 0 Å². The highest BCUT2D eigenvalue weighted by atomic mass is 19.1. The van der Waals surface area contributed by atoms with Crippen LogP contribution in [0, 0.1) is 0 Å². The average Bonchev–Trinajstić information content (AvgIpc) is 3.62. The summed E-state index contributed by atoms with van der Waals surface area (Å²) in [6.07, 6.45) is 6.13. The lowest BCUT2D eigenvalue weighted by atomic mass is 10.0. The molecule has 1 saturated carbocycles. The fraction of sp³-hybridized carbons (Fsp3) is 0.346. The molecule has 0 amide bonds. The number of hydrogen-bond donors (Lipinski definition) is 2. The summed E-state index contributed by atoms with van der Waals surface area (Å²) in [7, 11) is 0. The lowest BCUT2D eigenvalue weighted by Gasteiger charge is -2.18. The molecule has 0 unspecified atom stereocenters. The summed E-state index contributed by atoms with van der Waals surface area (Å²) < 4.78 is 18.4. The molecule has 0 bridgehead atoms. The van der Waals surface area contributed by atoms with Crippen molar-refractivity contribution in [3.8, 4) is 5.69 Å². The van der Waals surface area contributed by atoms with Crippen LogP contribution in [-0.2, 0) is 18.6 Å². The summed E-state index contributed by atoms with van der Waals surface area (Å²) in [5.74, 6) is 0.656. The Bertz CT molecular complexity index is 1460. The normalized spacial score (nSPS) is 16.0. The molecule has 8 heteroatoms. The highest BCUT2D eigenvalue weighted by Gasteiger charge is 2.31. The number of halogens is 1. The van der Waals surface area contributed by atoms with E-state index in [0.29, 0.717) is 22.6 Å². The smallest absolute Gasteiger partial charge is 0.276 e. The van der Waals surface area contributed by atoms with Gasteiger partial charge in [-0.05, 0) is 75.0 Å². The Kier molecular flexibility index (Phi) is 4.81. The van der Waals surface area contributed by atoms with Crippen molar-refractivity contribution < 1.29 is 4.39 Å². The molecule has 3 aromatic heterocycles. The van der Waals surface area contributed by atoms with Crippen molar-refractivity contribution in [2.45, 2.75) is 51.4 Å². The van der Waals surface area contributed by atoms with E-state index in [1.807, 2.05) is 16.8 Å². The molecule has 4 heterocycles. The molecular weight excluding hydrogens is 431 g/mol. The maximum Gasteiger partial charge on any atom is 0.276 e. The van der Waals surface area contributed by atoms with Crippen LogP contribution in [0.25, 0.3) is 16.6 Å². The van der Waals surface area contributed by atoms with Crippen molar-refractivity contribution in [2.75, 3.05) is 11.9 Å². The van der Waals surface area contributed by atoms with E-state index in [1.54, 1.807) is 23.1 Å². The predicted octanol–water partition coefficient (Wildman–Crippen LogP) is 4.51. The van der Waals surface area contributed by atoms with Crippen LogP contribution >= 0.6 is 0 Å². The second-order valence-corrected chi connectivity index (χ2v) is 9.69. The summed E-state index contributed by atoms with van der Waals surface area (Å²) in [6.45, 7) is 4.85. The first-order chi connectivity index (χ1) is 16.4. The van der Waals surface area contributed by atoms with Crippen molar-refractivity contribution in [3.05, 3.63) is 76.0 Å². The maximum absolute atomic E-state index is 14.7. The van der Waals surface area contributed by atoms with Gasteiger partial charge in [0.25, 0.3) is 5.56 Å². The van der Waals surface area contributed by atoms with Gasteiger partial charge in [-0.15, -0.1) is 0 Å². The number of aromatic nitrogens is 4. The molecule has 2 N–H and O–H groups in total. The monoisotopic (exact) mass is 458 g/mol. The molecule has 34 heavy (non-hydrogen) atoms. The minimum absolute atomic E-state index is 0.0734. The highest BCUT2D eigenvalue weighted by Crippen LogP contribution is 2.36. The zero-order chi connectivity index (χ0) is 23.4. The largest absolute Gasteiger partial charge is 0.340 e. The van der Waals surface area contributed by atoms with E-state index in [1.165, 1.54) is 25.0 Å². The quantitative estimate of drug-likeness (QED) is 0.460. The lowest BCUT2D eigenvalue weighted by Crippen LogP contribution is -2.23.